The van der Waals surface area contributed by atoms with Crippen molar-refractivity contribution in [1.82, 2.24) is 10.2 Å². The van der Waals surface area contributed by atoms with Crippen molar-refractivity contribution in [3.63, 3.8) is 0 Å². The van der Waals surface area contributed by atoms with Gasteiger partial charge in [0.25, 0.3) is 10.0 Å². The number of carbonyl (C=O) groups is 2. The van der Waals surface area contributed by atoms with Crippen LogP contribution >= 0.6 is 34.8 Å². The Morgan fingerprint density at radius 1 is 0.809 bits per heavy atom. The number of aryl methyl sites for hydroxylation is 1. The largest absolute Gasteiger partial charge is 0.352 e. The van der Waals surface area contributed by atoms with Crippen molar-refractivity contribution in [2.75, 3.05) is 10.8 Å². The molecule has 1 fully saturated rings. The number of anilines is 1. The third-order valence-corrected chi connectivity index (χ3v) is 11.2. The molecule has 0 radical (unpaired) electrons. The van der Waals surface area contributed by atoms with E-state index in [1.54, 1.807) is 54.6 Å². The van der Waals surface area contributed by atoms with Crippen LogP contribution in [0.4, 0.5) is 5.69 Å². The van der Waals surface area contributed by atoms with Gasteiger partial charge in [0.15, 0.2) is 0 Å². The van der Waals surface area contributed by atoms with Crippen LogP contribution in [0.1, 0.15) is 42.4 Å². The van der Waals surface area contributed by atoms with Gasteiger partial charge < -0.3 is 10.2 Å². The summed E-state index contributed by atoms with van der Waals surface area (Å²) in [6, 6.07) is 26.2. The maximum Gasteiger partial charge on any atom is 0.264 e. The zero-order chi connectivity index (χ0) is 33.6. The Labute approximate surface area is 291 Å². The number of carbonyl (C=O) groups excluding carboxylic acids is 2. The Kier molecular flexibility index (Phi) is 11.5. The fourth-order valence-electron chi connectivity index (χ4n) is 5.78. The lowest BCUT2D eigenvalue weighted by Crippen LogP contribution is -2.54. The summed E-state index contributed by atoms with van der Waals surface area (Å²) in [5.74, 6) is -0.956. The summed E-state index contributed by atoms with van der Waals surface area (Å²) in [5, 5.41) is 3.94. The van der Waals surface area contributed by atoms with Crippen LogP contribution in [0.2, 0.25) is 15.1 Å². The van der Waals surface area contributed by atoms with E-state index in [1.807, 2.05) is 37.3 Å². The molecule has 4 aromatic rings. The second-order valence-electron chi connectivity index (χ2n) is 11.7. The molecule has 1 saturated carbocycles. The van der Waals surface area contributed by atoms with E-state index in [9.17, 15) is 18.0 Å². The molecule has 0 heterocycles. The van der Waals surface area contributed by atoms with Gasteiger partial charge in [0.05, 0.1) is 15.6 Å². The first-order chi connectivity index (χ1) is 22.5. The highest BCUT2D eigenvalue weighted by molar-refractivity contribution is 7.92. The maximum atomic E-state index is 14.7. The van der Waals surface area contributed by atoms with E-state index in [1.165, 1.54) is 17.0 Å². The molecular weight excluding hydrogens is 677 g/mol. The zero-order valence-corrected chi connectivity index (χ0v) is 29.0. The van der Waals surface area contributed by atoms with Crippen LogP contribution < -0.4 is 9.62 Å². The fraction of sp³-hybridized carbons (Fsp3) is 0.278. The van der Waals surface area contributed by atoms with Crippen molar-refractivity contribution in [1.29, 1.82) is 0 Å². The van der Waals surface area contributed by atoms with Gasteiger partial charge in [0, 0.05) is 34.6 Å². The van der Waals surface area contributed by atoms with E-state index in [4.69, 9.17) is 34.8 Å². The molecule has 2 amide bonds. The van der Waals surface area contributed by atoms with E-state index in [-0.39, 0.29) is 40.5 Å². The summed E-state index contributed by atoms with van der Waals surface area (Å²) in [6.07, 6.45) is 3.90. The molecule has 0 aromatic heterocycles. The topological polar surface area (TPSA) is 86.8 Å². The molecule has 1 atom stereocenters. The Morgan fingerprint density at radius 3 is 2.04 bits per heavy atom. The second-order valence-corrected chi connectivity index (χ2v) is 14.8. The van der Waals surface area contributed by atoms with Crippen molar-refractivity contribution in [3.05, 3.63) is 129 Å². The molecule has 0 saturated heterocycles. The van der Waals surface area contributed by atoms with Gasteiger partial charge in [-0.2, -0.15) is 0 Å². The minimum absolute atomic E-state index is 0.00340. The number of para-hydroxylation sites is 1. The summed E-state index contributed by atoms with van der Waals surface area (Å²) in [4.78, 5) is 30.2. The summed E-state index contributed by atoms with van der Waals surface area (Å²) < 4.78 is 29.4. The van der Waals surface area contributed by atoms with E-state index < -0.39 is 28.5 Å². The van der Waals surface area contributed by atoms with Crippen molar-refractivity contribution >= 4 is 62.3 Å². The first-order valence-electron chi connectivity index (χ1n) is 15.4. The van der Waals surface area contributed by atoms with Gasteiger partial charge in [0.1, 0.15) is 12.6 Å². The minimum atomic E-state index is -4.29. The SMILES string of the molecule is Cc1ccc(S(=O)(=O)N(CC(=O)N(Cc2c(Cl)cccc2Cl)[C@H](Cc2ccccc2)C(=O)NC2CCCC2)c2ccccc2Cl)cc1. The first kappa shape index (κ1) is 34.8. The average molecular weight is 713 g/mol. The normalized spacial score (nSPS) is 14.0. The molecule has 0 aliphatic heterocycles. The van der Waals surface area contributed by atoms with Gasteiger partial charge in [0.2, 0.25) is 11.8 Å². The monoisotopic (exact) mass is 711 g/mol. The van der Waals surface area contributed by atoms with Gasteiger partial charge in [-0.05, 0) is 61.7 Å². The number of nitrogens with one attached hydrogen (secondary N) is 1. The van der Waals surface area contributed by atoms with Crippen LogP contribution in [-0.4, -0.2) is 43.8 Å². The molecule has 5 rings (SSSR count). The third kappa shape index (κ3) is 8.49. The standard InChI is InChI=1S/C36H36Cl3N3O4S/c1-25-18-20-28(21-19-25)47(45,46)42(33-17-8-7-14-32(33)39)24-35(43)41(23-29-30(37)15-9-16-31(29)38)34(22-26-10-3-2-4-11-26)36(44)40-27-12-5-6-13-27/h2-4,7-11,14-21,27,34H,5-6,12-13,22-24H2,1H3,(H,40,44)/t34-/m1/s1. The molecule has 0 spiro atoms. The Balaban J connectivity index is 1.60. The smallest absolute Gasteiger partial charge is 0.264 e. The van der Waals surface area contributed by atoms with Crippen molar-refractivity contribution in [2.24, 2.45) is 0 Å². The number of hydrogen-bond donors (Lipinski definition) is 1. The lowest BCUT2D eigenvalue weighted by atomic mass is 10.0. The predicted molar refractivity (Wildman–Crippen MR) is 189 cm³/mol. The highest BCUT2D eigenvalue weighted by Crippen LogP contribution is 2.32. The highest BCUT2D eigenvalue weighted by atomic mass is 35.5. The van der Waals surface area contributed by atoms with Crippen molar-refractivity contribution < 1.29 is 18.0 Å². The average Bonchev–Trinajstić information content (AvgIpc) is 3.57. The highest BCUT2D eigenvalue weighted by Gasteiger charge is 2.36. The lowest BCUT2D eigenvalue weighted by molar-refractivity contribution is -0.140. The molecule has 0 bridgehead atoms. The molecule has 0 unspecified atom stereocenters. The molecule has 7 nitrogen and oxygen atoms in total. The van der Waals surface area contributed by atoms with Crippen molar-refractivity contribution in [3.8, 4) is 0 Å². The van der Waals surface area contributed by atoms with E-state index in [0.29, 0.717) is 15.6 Å². The van der Waals surface area contributed by atoms with E-state index in [2.05, 4.69) is 5.32 Å². The van der Waals surface area contributed by atoms with Gasteiger partial charge in [-0.1, -0.05) is 114 Å². The summed E-state index contributed by atoms with van der Waals surface area (Å²) in [6.45, 7) is 1.09. The van der Waals surface area contributed by atoms with Crippen LogP contribution in [0.3, 0.4) is 0 Å². The summed E-state index contributed by atoms with van der Waals surface area (Å²) in [7, 11) is -4.29. The molecule has 1 aliphatic carbocycles. The number of halogens is 3. The Hall–Kier alpha value is -3.56. The van der Waals surface area contributed by atoms with Crippen LogP contribution in [0, 0.1) is 6.92 Å². The molecular formula is C36H36Cl3N3O4S. The van der Waals surface area contributed by atoms with Gasteiger partial charge >= 0.3 is 0 Å². The van der Waals surface area contributed by atoms with Gasteiger partial charge in [-0.25, -0.2) is 8.42 Å². The molecule has 246 valence electrons. The number of sulfonamides is 1. The predicted octanol–water partition coefficient (Wildman–Crippen LogP) is 7.85. The van der Waals surface area contributed by atoms with Gasteiger partial charge in [-0.3, -0.25) is 13.9 Å². The minimum Gasteiger partial charge on any atom is -0.352 e. The van der Waals surface area contributed by atoms with Crippen LogP contribution in [0.25, 0.3) is 0 Å². The zero-order valence-electron chi connectivity index (χ0n) is 25.9. The van der Waals surface area contributed by atoms with Crippen LogP contribution in [-0.2, 0) is 32.6 Å². The number of benzene rings is 4. The van der Waals surface area contributed by atoms with Crippen LogP contribution in [0.15, 0.2) is 102 Å². The molecule has 1 N–H and O–H groups in total. The fourth-order valence-corrected chi connectivity index (χ4v) is 8.02. The lowest BCUT2D eigenvalue weighted by Gasteiger charge is -2.35. The number of rotatable bonds is 12. The van der Waals surface area contributed by atoms with E-state index in [0.717, 1.165) is 41.1 Å². The number of hydrogen-bond acceptors (Lipinski definition) is 4. The van der Waals surface area contributed by atoms with Gasteiger partial charge in [-0.15, -0.1) is 0 Å². The molecule has 4 aromatic carbocycles. The van der Waals surface area contributed by atoms with Crippen LogP contribution in [0.5, 0.6) is 0 Å². The molecule has 1 aliphatic rings. The number of amides is 2. The maximum absolute atomic E-state index is 14.7. The Morgan fingerprint density at radius 2 is 1.40 bits per heavy atom. The van der Waals surface area contributed by atoms with E-state index >= 15 is 0 Å². The number of nitrogens with zero attached hydrogens (tertiary/aromatic N) is 2. The molecule has 47 heavy (non-hydrogen) atoms. The Bertz CT molecular complexity index is 1790. The quantitative estimate of drug-likeness (QED) is 0.162. The molecule has 11 heteroatoms. The first-order valence-corrected chi connectivity index (χ1v) is 18.0. The summed E-state index contributed by atoms with van der Waals surface area (Å²) in [5.41, 5.74) is 2.29. The summed E-state index contributed by atoms with van der Waals surface area (Å²) >= 11 is 19.8. The third-order valence-electron chi connectivity index (χ3n) is 8.37. The second kappa shape index (κ2) is 15.6. The van der Waals surface area contributed by atoms with Crippen molar-refractivity contribution in [2.45, 2.75) is 62.6 Å².